The first kappa shape index (κ1) is 17.6. The van der Waals surface area contributed by atoms with Gasteiger partial charge in [0, 0.05) is 24.4 Å². The highest BCUT2D eigenvalue weighted by Gasteiger charge is 2.16. The molecule has 0 atom stereocenters. The van der Waals surface area contributed by atoms with Gasteiger partial charge in [-0.3, -0.25) is 9.69 Å². The lowest BCUT2D eigenvalue weighted by atomic mass is 10.2. The Morgan fingerprint density at radius 2 is 1.83 bits per heavy atom. The summed E-state index contributed by atoms with van der Waals surface area (Å²) in [4.78, 5) is 20.8. The van der Waals surface area contributed by atoms with Crippen molar-refractivity contribution >= 4 is 22.4 Å². The van der Waals surface area contributed by atoms with Crippen molar-refractivity contribution in [1.29, 1.82) is 0 Å². The first-order valence-electron chi connectivity index (χ1n) is 8.17. The lowest BCUT2D eigenvalue weighted by Gasteiger charge is -2.21. The molecule has 0 N–H and O–H groups in total. The number of rotatable bonds is 8. The van der Waals surface area contributed by atoms with Crippen molar-refractivity contribution in [3.63, 3.8) is 0 Å². The minimum Gasteiger partial charge on any atom is -0.304 e. The van der Waals surface area contributed by atoms with E-state index in [1.807, 2.05) is 35.7 Å². The molecule has 1 heterocycles. The third kappa shape index (κ3) is 4.88. The van der Waals surface area contributed by atoms with E-state index in [4.69, 9.17) is 0 Å². The number of aromatic nitrogens is 1. The van der Waals surface area contributed by atoms with Crippen molar-refractivity contribution in [1.82, 2.24) is 9.88 Å². The zero-order valence-corrected chi connectivity index (χ0v) is 15.0. The maximum atomic E-state index is 12.0. The molecule has 0 saturated heterocycles. The molecule has 0 bridgehead atoms. The molecule has 1 aromatic heterocycles. The highest BCUT2D eigenvalue weighted by atomic mass is 32.1. The van der Waals surface area contributed by atoms with Gasteiger partial charge in [-0.2, -0.15) is 0 Å². The zero-order chi connectivity index (χ0) is 16.7. The number of amides is 1. The summed E-state index contributed by atoms with van der Waals surface area (Å²) in [7, 11) is 0. The normalized spacial score (nSPS) is 11.0. The second kappa shape index (κ2) is 8.79. The maximum Gasteiger partial charge on any atom is 0.225 e. The van der Waals surface area contributed by atoms with Gasteiger partial charge >= 0.3 is 0 Å². The fraction of sp³-hybridized carbons (Fsp3) is 0.444. The molecule has 1 amide bonds. The summed E-state index contributed by atoms with van der Waals surface area (Å²) in [6.45, 7) is 9.76. The Balaban J connectivity index is 2.04. The second-order valence-electron chi connectivity index (χ2n) is 5.43. The number of carbonyl (C=O) groups is 1. The van der Waals surface area contributed by atoms with Crippen LogP contribution in [0.2, 0.25) is 0 Å². The highest BCUT2D eigenvalue weighted by molar-refractivity contribution is 7.14. The van der Waals surface area contributed by atoms with Gasteiger partial charge in [0.25, 0.3) is 0 Å². The SMILES string of the molecule is CCN(CC)CCCN(C(C)=O)c1nc(-c2ccccc2)cs1. The van der Waals surface area contributed by atoms with Crippen LogP contribution in [0.4, 0.5) is 5.13 Å². The van der Waals surface area contributed by atoms with Crippen molar-refractivity contribution in [2.45, 2.75) is 27.2 Å². The summed E-state index contributed by atoms with van der Waals surface area (Å²) in [5.74, 6) is 0.0542. The van der Waals surface area contributed by atoms with Crippen LogP contribution in [0.3, 0.4) is 0 Å². The third-order valence-corrected chi connectivity index (χ3v) is 4.79. The van der Waals surface area contributed by atoms with Crippen molar-refractivity contribution in [2.75, 3.05) is 31.1 Å². The van der Waals surface area contributed by atoms with Gasteiger partial charge in [-0.15, -0.1) is 11.3 Å². The molecule has 0 saturated carbocycles. The van der Waals surface area contributed by atoms with E-state index in [-0.39, 0.29) is 5.91 Å². The van der Waals surface area contributed by atoms with Crippen molar-refractivity contribution in [2.24, 2.45) is 0 Å². The molecule has 5 heteroatoms. The van der Waals surface area contributed by atoms with Gasteiger partial charge in [0.2, 0.25) is 5.91 Å². The van der Waals surface area contributed by atoms with E-state index in [1.165, 1.54) is 11.3 Å². The van der Waals surface area contributed by atoms with Crippen molar-refractivity contribution < 1.29 is 4.79 Å². The van der Waals surface area contributed by atoms with E-state index < -0.39 is 0 Å². The summed E-state index contributed by atoms with van der Waals surface area (Å²) in [6, 6.07) is 10.1. The lowest BCUT2D eigenvalue weighted by molar-refractivity contribution is -0.116. The van der Waals surface area contributed by atoms with Gasteiger partial charge in [0.1, 0.15) is 0 Å². The Hall–Kier alpha value is -1.72. The Labute approximate surface area is 142 Å². The number of carbonyl (C=O) groups excluding carboxylic acids is 1. The third-order valence-electron chi connectivity index (χ3n) is 3.92. The number of nitrogens with zero attached hydrogens (tertiary/aromatic N) is 3. The van der Waals surface area contributed by atoms with Crippen LogP contribution < -0.4 is 4.90 Å². The van der Waals surface area contributed by atoms with Crippen LogP contribution in [0.5, 0.6) is 0 Å². The minimum absolute atomic E-state index is 0.0542. The summed E-state index contributed by atoms with van der Waals surface area (Å²) in [5, 5.41) is 2.81. The smallest absolute Gasteiger partial charge is 0.225 e. The average molecular weight is 331 g/mol. The molecule has 0 aliphatic rings. The average Bonchev–Trinajstić information content (AvgIpc) is 3.05. The summed E-state index contributed by atoms with van der Waals surface area (Å²) >= 11 is 1.53. The van der Waals surface area contributed by atoms with Gasteiger partial charge in [-0.05, 0) is 26.1 Å². The Bertz CT molecular complexity index is 608. The van der Waals surface area contributed by atoms with Gasteiger partial charge in [-0.25, -0.2) is 4.98 Å². The Kier molecular flexibility index (Phi) is 6.74. The molecule has 2 rings (SSSR count). The van der Waals surface area contributed by atoms with Crippen LogP contribution in [-0.4, -0.2) is 42.0 Å². The number of thiazole rings is 1. The quantitative estimate of drug-likeness (QED) is 0.736. The van der Waals surface area contributed by atoms with Crippen LogP contribution in [0.1, 0.15) is 27.2 Å². The van der Waals surface area contributed by atoms with Crippen LogP contribution in [0.15, 0.2) is 35.7 Å². The van der Waals surface area contributed by atoms with Gasteiger partial charge in [0.05, 0.1) is 5.69 Å². The molecular weight excluding hydrogens is 306 g/mol. The van der Waals surface area contributed by atoms with E-state index >= 15 is 0 Å². The van der Waals surface area contributed by atoms with E-state index in [0.29, 0.717) is 6.54 Å². The first-order chi connectivity index (χ1) is 11.2. The monoisotopic (exact) mass is 331 g/mol. The number of hydrogen-bond acceptors (Lipinski definition) is 4. The highest BCUT2D eigenvalue weighted by Crippen LogP contribution is 2.27. The fourth-order valence-electron chi connectivity index (χ4n) is 2.51. The van der Waals surface area contributed by atoms with Crippen LogP contribution in [0.25, 0.3) is 11.3 Å². The molecule has 23 heavy (non-hydrogen) atoms. The van der Waals surface area contributed by atoms with E-state index in [2.05, 4.69) is 23.7 Å². The molecular formula is C18H25N3OS. The molecule has 0 aliphatic carbocycles. The molecule has 124 valence electrons. The van der Waals surface area contributed by atoms with Gasteiger partial charge in [-0.1, -0.05) is 44.2 Å². The molecule has 0 aliphatic heterocycles. The largest absolute Gasteiger partial charge is 0.304 e. The summed E-state index contributed by atoms with van der Waals surface area (Å²) in [5.41, 5.74) is 2.02. The number of hydrogen-bond donors (Lipinski definition) is 0. The zero-order valence-electron chi connectivity index (χ0n) is 14.2. The second-order valence-corrected chi connectivity index (χ2v) is 6.27. The number of benzene rings is 1. The number of anilines is 1. The van der Waals surface area contributed by atoms with Gasteiger partial charge < -0.3 is 4.90 Å². The topological polar surface area (TPSA) is 36.4 Å². The van der Waals surface area contributed by atoms with Crippen LogP contribution in [0, 0.1) is 0 Å². The van der Waals surface area contributed by atoms with Gasteiger partial charge in [0.15, 0.2) is 5.13 Å². The fourth-order valence-corrected chi connectivity index (χ4v) is 3.41. The Morgan fingerprint density at radius 3 is 2.43 bits per heavy atom. The summed E-state index contributed by atoms with van der Waals surface area (Å²) in [6.07, 6.45) is 0.960. The van der Waals surface area contributed by atoms with E-state index in [9.17, 15) is 4.79 Å². The van der Waals surface area contributed by atoms with E-state index in [0.717, 1.165) is 42.4 Å². The molecule has 0 fully saturated rings. The molecule has 2 aromatic rings. The Morgan fingerprint density at radius 1 is 1.13 bits per heavy atom. The van der Waals surface area contributed by atoms with Crippen molar-refractivity contribution in [3.05, 3.63) is 35.7 Å². The predicted molar refractivity (Wildman–Crippen MR) is 98.0 cm³/mol. The first-order valence-corrected chi connectivity index (χ1v) is 9.05. The lowest BCUT2D eigenvalue weighted by Crippen LogP contribution is -2.32. The molecule has 0 unspecified atom stereocenters. The molecule has 0 spiro atoms. The van der Waals surface area contributed by atoms with Crippen molar-refractivity contribution in [3.8, 4) is 11.3 Å². The van der Waals surface area contributed by atoms with Crippen LogP contribution >= 0.6 is 11.3 Å². The standard InChI is InChI=1S/C18H25N3OS/c1-4-20(5-2)12-9-13-21(15(3)22)18-19-17(14-23-18)16-10-7-6-8-11-16/h6-8,10-11,14H,4-5,9,12-13H2,1-3H3. The summed E-state index contributed by atoms with van der Waals surface area (Å²) < 4.78 is 0. The van der Waals surface area contributed by atoms with Crippen LogP contribution in [-0.2, 0) is 4.79 Å². The van der Waals surface area contributed by atoms with E-state index in [1.54, 1.807) is 11.8 Å². The molecule has 0 radical (unpaired) electrons. The molecule has 1 aromatic carbocycles. The maximum absolute atomic E-state index is 12.0. The molecule has 4 nitrogen and oxygen atoms in total. The minimum atomic E-state index is 0.0542. The predicted octanol–water partition coefficient (Wildman–Crippen LogP) is 3.89.